The number of benzene rings is 2. The first-order chi connectivity index (χ1) is 17.1. The van der Waals surface area contributed by atoms with Crippen molar-refractivity contribution in [2.45, 2.75) is 17.1 Å². The number of para-hydroxylation sites is 1. The number of Topliss-reactive ketones (excluding diaryl/α,β-unsaturated/α-hetero) is 1. The fourth-order valence-corrected chi connectivity index (χ4v) is 5.37. The van der Waals surface area contributed by atoms with Crippen molar-refractivity contribution in [3.63, 3.8) is 0 Å². The Labute approximate surface area is 207 Å². The molecule has 3 heterocycles. The number of rotatable bonds is 7. The number of thioether (sulfide) groups is 1. The van der Waals surface area contributed by atoms with E-state index in [4.69, 9.17) is 0 Å². The van der Waals surface area contributed by atoms with Gasteiger partial charge in [-0.3, -0.25) is 9.59 Å². The number of nitrogens with one attached hydrogen (secondary N) is 1. The Morgan fingerprint density at radius 2 is 1.89 bits per heavy atom. The number of amides is 1. The van der Waals surface area contributed by atoms with Gasteiger partial charge in [-0.2, -0.15) is 10.4 Å². The van der Waals surface area contributed by atoms with Crippen LogP contribution in [-0.2, 0) is 24.0 Å². The molecule has 0 aliphatic carbocycles. The van der Waals surface area contributed by atoms with Crippen LogP contribution < -0.4 is 5.32 Å². The molecule has 1 aliphatic rings. The van der Waals surface area contributed by atoms with E-state index in [9.17, 15) is 14.9 Å². The molecule has 5 rings (SSSR count). The summed E-state index contributed by atoms with van der Waals surface area (Å²) in [6.07, 6.45) is 2.54. The molecule has 4 aromatic rings. The first kappa shape index (κ1) is 22.7. The van der Waals surface area contributed by atoms with Gasteiger partial charge in [-0.05, 0) is 30.3 Å². The smallest absolute Gasteiger partial charge is 0.245 e. The fourth-order valence-electron chi connectivity index (χ4n) is 4.30. The van der Waals surface area contributed by atoms with Crippen molar-refractivity contribution >= 4 is 23.5 Å². The van der Waals surface area contributed by atoms with Crippen LogP contribution in [0.1, 0.15) is 21.7 Å². The summed E-state index contributed by atoms with van der Waals surface area (Å²) in [5.41, 5.74) is 4.60. The average molecular weight is 482 g/mol. The number of nitrogens with zero attached hydrogens (tertiary/aromatic N) is 4. The molecule has 35 heavy (non-hydrogen) atoms. The number of carbonyl (C=O) groups is 2. The Hall–Kier alpha value is -4.09. The molecule has 1 N–H and O–H groups in total. The van der Waals surface area contributed by atoms with Gasteiger partial charge < -0.3 is 9.88 Å². The Kier molecular flexibility index (Phi) is 6.25. The zero-order valence-corrected chi connectivity index (χ0v) is 20.0. The lowest BCUT2D eigenvalue weighted by atomic mass is 9.97. The van der Waals surface area contributed by atoms with Crippen molar-refractivity contribution < 1.29 is 9.59 Å². The van der Waals surface area contributed by atoms with Crippen LogP contribution in [0.3, 0.4) is 0 Å². The molecule has 0 radical (unpaired) electrons. The minimum absolute atomic E-state index is 0.176. The zero-order chi connectivity index (χ0) is 24.4. The van der Waals surface area contributed by atoms with E-state index in [0.29, 0.717) is 18.7 Å². The Morgan fingerprint density at radius 3 is 2.63 bits per heavy atom. The largest absolute Gasteiger partial charge is 0.354 e. The Balaban J connectivity index is 1.47. The highest BCUT2D eigenvalue weighted by Gasteiger charge is 2.35. The molecule has 0 saturated heterocycles. The molecule has 8 heteroatoms. The van der Waals surface area contributed by atoms with Crippen LogP contribution in [0, 0.1) is 17.2 Å². The molecular formula is C27H23N5O2S. The monoisotopic (exact) mass is 481 g/mol. The molecular weight excluding hydrogens is 458 g/mol. The lowest BCUT2D eigenvalue weighted by Crippen LogP contribution is -2.36. The second kappa shape index (κ2) is 9.65. The van der Waals surface area contributed by atoms with Gasteiger partial charge in [0.1, 0.15) is 5.69 Å². The van der Waals surface area contributed by atoms with E-state index in [0.717, 1.165) is 33.1 Å². The normalized spacial score (nSPS) is 12.8. The van der Waals surface area contributed by atoms with Crippen LogP contribution in [0.4, 0.5) is 0 Å². The minimum atomic E-state index is -1.46. The number of nitriles is 1. The van der Waals surface area contributed by atoms with E-state index in [2.05, 4.69) is 10.4 Å². The van der Waals surface area contributed by atoms with Crippen LogP contribution in [0.5, 0.6) is 0 Å². The summed E-state index contributed by atoms with van der Waals surface area (Å²) in [6, 6.07) is 23.4. The van der Waals surface area contributed by atoms with Gasteiger partial charge in [-0.25, -0.2) is 4.68 Å². The zero-order valence-electron chi connectivity index (χ0n) is 19.1. The molecule has 0 spiro atoms. The molecule has 1 atom stereocenters. The number of aryl methyl sites for hydroxylation is 1. The van der Waals surface area contributed by atoms with Gasteiger partial charge in [0.15, 0.2) is 5.92 Å². The molecule has 174 valence electrons. The van der Waals surface area contributed by atoms with Crippen molar-refractivity contribution in [1.29, 1.82) is 5.26 Å². The SMILES string of the molecule is Cn1cccc1CCNC(=O)C(C#N)C(=O)c1nn(-c2ccccc2)c2c1CSc1ccccc1-2. The molecule has 0 saturated carbocycles. The molecule has 1 aliphatic heterocycles. The van der Waals surface area contributed by atoms with Gasteiger partial charge in [0.2, 0.25) is 11.7 Å². The number of carbonyl (C=O) groups excluding carboxylic acids is 2. The minimum Gasteiger partial charge on any atom is -0.354 e. The van der Waals surface area contributed by atoms with Crippen molar-refractivity contribution in [3.8, 4) is 23.0 Å². The molecule has 0 fully saturated rings. The summed E-state index contributed by atoms with van der Waals surface area (Å²) in [7, 11) is 1.93. The lowest BCUT2D eigenvalue weighted by Gasteiger charge is -2.18. The van der Waals surface area contributed by atoms with Gasteiger partial charge >= 0.3 is 0 Å². The predicted octanol–water partition coefficient (Wildman–Crippen LogP) is 4.16. The van der Waals surface area contributed by atoms with Crippen molar-refractivity contribution in [2.24, 2.45) is 13.0 Å². The summed E-state index contributed by atoms with van der Waals surface area (Å²) < 4.78 is 3.72. The second-order valence-electron chi connectivity index (χ2n) is 8.29. The van der Waals surface area contributed by atoms with Gasteiger partial charge in [0.05, 0.1) is 17.5 Å². The van der Waals surface area contributed by atoms with Gasteiger partial charge in [-0.15, -0.1) is 11.8 Å². The fraction of sp³-hybridized carbons (Fsp3) is 0.185. The van der Waals surface area contributed by atoms with E-state index in [1.807, 2.05) is 90.6 Å². The van der Waals surface area contributed by atoms with E-state index in [1.165, 1.54) is 0 Å². The molecule has 1 amide bonds. The number of ketones is 1. The first-order valence-electron chi connectivity index (χ1n) is 11.3. The maximum atomic E-state index is 13.5. The van der Waals surface area contributed by atoms with Crippen LogP contribution in [-0.4, -0.2) is 32.6 Å². The lowest BCUT2D eigenvalue weighted by molar-refractivity contribution is -0.122. The summed E-state index contributed by atoms with van der Waals surface area (Å²) in [5.74, 6) is -2.10. The second-order valence-corrected chi connectivity index (χ2v) is 9.30. The summed E-state index contributed by atoms with van der Waals surface area (Å²) in [6.45, 7) is 0.335. The van der Waals surface area contributed by atoms with E-state index in [-0.39, 0.29) is 5.69 Å². The van der Waals surface area contributed by atoms with Crippen LogP contribution in [0.15, 0.2) is 77.8 Å². The van der Waals surface area contributed by atoms with E-state index < -0.39 is 17.6 Å². The molecule has 0 bridgehead atoms. The van der Waals surface area contributed by atoms with Gasteiger partial charge in [0, 0.05) is 53.7 Å². The maximum Gasteiger partial charge on any atom is 0.245 e. The highest BCUT2D eigenvalue weighted by atomic mass is 32.2. The van der Waals surface area contributed by atoms with Gasteiger partial charge in [-0.1, -0.05) is 36.4 Å². The molecule has 7 nitrogen and oxygen atoms in total. The van der Waals surface area contributed by atoms with Crippen molar-refractivity contribution in [1.82, 2.24) is 19.7 Å². The third-order valence-corrected chi connectivity index (χ3v) is 7.22. The van der Waals surface area contributed by atoms with Crippen LogP contribution >= 0.6 is 11.8 Å². The number of aromatic nitrogens is 3. The van der Waals surface area contributed by atoms with Crippen molar-refractivity contribution in [2.75, 3.05) is 6.54 Å². The predicted molar refractivity (Wildman–Crippen MR) is 134 cm³/mol. The maximum absolute atomic E-state index is 13.5. The van der Waals surface area contributed by atoms with Crippen molar-refractivity contribution in [3.05, 3.63) is 89.9 Å². The van der Waals surface area contributed by atoms with E-state index >= 15 is 0 Å². The quantitative estimate of drug-likeness (QED) is 0.316. The third kappa shape index (κ3) is 4.27. The molecule has 2 aromatic heterocycles. The Bertz CT molecular complexity index is 1450. The number of hydrogen-bond donors (Lipinski definition) is 1. The van der Waals surface area contributed by atoms with Crippen LogP contribution in [0.2, 0.25) is 0 Å². The average Bonchev–Trinajstić information content (AvgIpc) is 3.48. The van der Waals surface area contributed by atoms with Gasteiger partial charge in [0.25, 0.3) is 0 Å². The highest BCUT2D eigenvalue weighted by Crippen LogP contribution is 2.43. The topological polar surface area (TPSA) is 92.7 Å². The third-order valence-electron chi connectivity index (χ3n) is 6.12. The molecule has 2 aromatic carbocycles. The summed E-state index contributed by atoms with van der Waals surface area (Å²) in [4.78, 5) is 27.5. The first-order valence-corrected chi connectivity index (χ1v) is 12.3. The van der Waals surface area contributed by atoms with Crippen LogP contribution in [0.25, 0.3) is 16.9 Å². The summed E-state index contributed by atoms with van der Waals surface area (Å²) in [5, 5.41) is 17.2. The highest BCUT2D eigenvalue weighted by molar-refractivity contribution is 7.98. The number of fused-ring (bicyclic) bond motifs is 3. The summed E-state index contributed by atoms with van der Waals surface area (Å²) >= 11 is 1.62. The van der Waals surface area contributed by atoms with E-state index in [1.54, 1.807) is 16.4 Å². The number of hydrogen-bond acceptors (Lipinski definition) is 5. The Morgan fingerprint density at radius 1 is 1.11 bits per heavy atom. The molecule has 1 unspecified atom stereocenters. The standard InChI is InChI=1S/C27H23N5O2S/c1-31-15-7-10-18(31)13-14-29-27(34)21(16-28)26(33)24-22-17-35-23-12-6-5-11-20(23)25(22)32(30-24)19-8-3-2-4-9-19/h2-12,15,21H,13-14,17H2,1H3,(H,29,34).